The van der Waals surface area contributed by atoms with Gasteiger partial charge in [-0.1, -0.05) is 6.07 Å². The Kier molecular flexibility index (Phi) is 6.14. The number of rotatable bonds is 5. The van der Waals surface area contributed by atoms with Gasteiger partial charge in [0.05, 0.1) is 11.7 Å². The topological polar surface area (TPSA) is 55.6 Å². The first kappa shape index (κ1) is 16.4. The van der Waals surface area contributed by atoms with E-state index in [1.165, 1.54) is 6.07 Å². The predicted octanol–water partition coefficient (Wildman–Crippen LogP) is 2.56. The molecular formula is C15H20BrFN2O2. The van der Waals surface area contributed by atoms with Gasteiger partial charge in [-0.05, 0) is 53.9 Å². The molecule has 0 radical (unpaired) electrons. The molecule has 0 aliphatic carbocycles. The number of nitrogens with zero attached hydrogens (tertiary/aromatic N) is 1. The van der Waals surface area contributed by atoms with E-state index in [1.807, 2.05) is 0 Å². The monoisotopic (exact) mass is 358 g/mol. The van der Waals surface area contributed by atoms with Gasteiger partial charge in [-0.15, -0.1) is 0 Å². The second-order valence-electron chi connectivity index (χ2n) is 5.10. The average Bonchev–Trinajstić information content (AvgIpc) is 2.48. The molecule has 0 spiro atoms. The third kappa shape index (κ3) is 4.25. The fourth-order valence-corrected chi connectivity index (χ4v) is 2.93. The number of piperidine rings is 1. The van der Waals surface area contributed by atoms with Crippen LogP contribution in [0.25, 0.3) is 0 Å². The number of likely N-dealkylation sites (tertiary alicyclic amines) is 1. The second-order valence-corrected chi connectivity index (χ2v) is 5.96. The molecule has 1 aromatic rings. The molecule has 0 atom stereocenters. The second kappa shape index (κ2) is 7.87. The number of ether oxygens (including phenoxy) is 1. The highest BCUT2D eigenvalue weighted by Crippen LogP contribution is 2.23. The zero-order valence-electron chi connectivity index (χ0n) is 11.9. The summed E-state index contributed by atoms with van der Waals surface area (Å²) < 4.78 is 20.0. The zero-order chi connectivity index (χ0) is 15.2. The van der Waals surface area contributed by atoms with E-state index in [2.05, 4.69) is 15.9 Å². The van der Waals surface area contributed by atoms with Crippen molar-refractivity contribution in [3.05, 3.63) is 34.1 Å². The predicted molar refractivity (Wildman–Crippen MR) is 82.6 cm³/mol. The summed E-state index contributed by atoms with van der Waals surface area (Å²) in [6.07, 6.45) is 2.58. The third-order valence-electron chi connectivity index (χ3n) is 3.61. The van der Waals surface area contributed by atoms with Crippen LogP contribution in [0.5, 0.6) is 0 Å². The molecule has 4 nitrogen and oxygen atoms in total. The maximum atomic E-state index is 13.8. The fourth-order valence-electron chi connectivity index (χ4n) is 2.42. The largest absolute Gasteiger partial charge is 0.378 e. The number of carbonyl (C=O) groups is 1. The van der Waals surface area contributed by atoms with Crippen LogP contribution in [0.4, 0.5) is 4.39 Å². The lowest BCUT2D eigenvalue weighted by atomic mass is 10.1. The summed E-state index contributed by atoms with van der Waals surface area (Å²) in [5, 5.41) is 0. The highest BCUT2D eigenvalue weighted by atomic mass is 79.9. The van der Waals surface area contributed by atoms with Crippen LogP contribution in [0, 0.1) is 5.82 Å². The molecule has 0 bridgehead atoms. The van der Waals surface area contributed by atoms with Gasteiger partial charge in [0, 0.05) is 24.2 Å². The molecule has 1 fully saturated rings. The number of hydrogen-bond acceptors (Lipinski definition) is 3. The number of hydrogen-bond donors (Lipinski definition) is 1. The summed E-state index contributed by atoms with van der Waals surface area (Å²) in [5.41, 5.74) is 5.54. The summed E-state index contributed by atoms with van der Waals surface area (Å²) in [4.78, 5) is 14.1. The van der Waals surface area contributed by atoms with Crippen molar-refractivity contribution in [1.29, 1.82) is 0 Å². The van der Waals surface area contributed by atoms with Gasteiger partial charge >= 0.3 is 0 Å². The van der Waals surface area contributed by atoms with Crippen molar-refractivity contribution in [2.45, 2.75) is 25.4 Å². The molecule has 6 heteroatoms. The van der Waals surface area contributed by atoms with E-state index >= 15 is 0 Å². The molecular weight excluding hydrogens is 339 g/mol. The van der Waals surface area contributed by atoms with Crippen LogP contribution in [0.3, 0.4) is 0 Å². The zero-order valence-corrected chi connectivity index (χ0v) is 13.4. The Morgan fingerprint density at radius 2 is 2.14 bits per heavy atom. The van der Waals surface area contributed by atoms with Gasteiger partial charge in [-0.2, -0.15) is 0 Å². The number of carbonyl (C=O) groups excluding carboxylic acids is 1. The maximum absolute atomic E-state index is 13.8. The van der Waals surface area contributed by atoms with E-state index < -0.39 is 5.82 Å². The lowest BCUT2D eigenvalue weighted by Gasteiger charge is -2.32. The molecule has 2 N–H and O–H groups in total. The van der Waals surface area contributed by atoms with Gasteiger partial charge in [-0.3, -0.25) is 4.79 Å². The normalized spacial score (nSPS) is 16.2. The summed E-state index contributed by atoms with van der Waals surface area (Å²) in [7, 11) is 0. The molecule has 0 unspecified atom stereocenters. The molecule has 0 aromatic heterocycles. The van der Waals surface area contributed by atoms with E-state index in [0.29, 0.717) is 30.7 Å². The lowest BCUT2D eigenvalue weighted by molar-refractivity contribution is 0.00831. The molecule has 1 aliphatic rings. The van der Waals surface area contributed by atoms with Crippen LogP contribution in [-0.4, -0.2) is 43.2 Å². The van der Waals surface area contributed by atoms with E-state index in [1.54, 1.807) is 17.0 Å². The first-order valence-electron chi connectivity index (χ1n) is 7.18. The molecule has 1 amide bonds. The van der Waals surface area contributed by atoms with Crippen molar-refractivity contribution in [1.82, 2.24) is 4.90 Å². The Balaban J connectivity index is 1.91. The van der Waals surface area contributed by atoms with Crippen molar-refractivity contribution in [2.75, 3.05) is 26.2 Å². The van der Waals surface area contributed by atoms with E-state index in [0.717, 1.165) is 19.3 Å². The molecule has 0 saturated carbocycles. The summed E-state index contributed by atoms with van der Waals surface area (Å²) in [5.74, 6) is -0.754. The van der Waals surface area contributed by atoms with Crippen molar-refractivity contribution in [3.8, 4) is 0 Å². The van der Waals surface area contributed by atoms with Crippen molar-refractivity contribution in [2.24, 2.45) is 5.73 Å². The molecule has 116 valence electrons. The van der Waals surface area contributed by atoms with Crippen LogP contribution in [0.2, 0.25) is 0 Å². The van der Waals surface area contributed by atoms with Crippen LogP contribution >= 0.6 is 15.9 Å². The Morgan fingerprint density at radius 3 is 2.76 bits per heavy atom. The number of benzene rings is 1. The highest BCUT2D eigenvalue weighted by molar-refractivity contribution is 9.10. The standard InChI is InChI=1S/C15H20BrFN2O2/c16-12-3-1-4-13(17)14(12)15(20)19-8-5-11(6-9-19)21-10-2-7-18/h1,3-4,11H,2,5-10,18H2. The number of amides is 1. The fraction of sp³-hybridized carbons (Fsp3) is 0.533. The lowest BCUT2D eigenvalue weighted by Crippen LogP contribution is -2.41. The van der Waals surface area contributed by atoms with E-state index in [9.17, 15) is 9.18 Å². The highest BCUT2D eigenvalue weighted by Gasteiger charge is 2.26. The minimum absolute atomic E-state index is 0.111. The van der Waals surface area contributed by atoms with E-state index in [-0.39, 0.29) is 17.6 Å². The van der Waals surface area contributed by atoms with Crippen LogP contribution in [0.15, 0.2) is 22.7 Å². The average molecular weight is 359 g/mol. The molecule has 1 saturated heterocycles. The van der Waals surface area contributed by atoms with Gasteiger partial charge < -0.3 is 15.4 Å². The summed E-state index contributed by atoms with van der Waals surface area (Å²) in [6.45, 7) is 2.46. The molecule has 2 rings (SSSR count). The van der Waals surface area contributed by atoms with Gasteiger partial charge in [0.1, 0.15) is 5.82 Å². The first-order chi connectivity index (χ1) is 10.1. The smallest absolute Gasteiger partial charge is 0.257 e. The van der Waals surface area contributed by atoms with Gasteiger partial charge in [0.2, 0.25) is 0 Å². The third-order valence-corrected chi connectivity index (χ3v) is 4.27. The number of halogens is 2. The Hall–Kier alpha value is -0.980. The Bertz CT molecular complexity index is 470. The molecule has 1 heterocycles. The number of nitrogens with two attached hydrogens (primary N) is 1. The van der Waals surface area contributed by atoms with Gasteiger partial charge in [0.15, 0.2) is 0 Å². The van der Waals surface area contributed by atoms with Gasteiger partial charge in [-0.25, -0.2) is 4.39 Å². The SMILES string of the molecule is NCCCOC1CCN(C(=O)c2c(F)cccc2Br)CC1. The molecule has 21 heavy (non-hydrogen) atoms. The van der Waals surface area contributed by atoms with Crippen LogP contribution in [-0.2, 0) is 4.74 Å². The Morgan fingerprint density at radius 1 is 1.43 bits per heavy atom. The maximum Gasteiger partial charge on any atom is 0.257 e. The van der Waals surface area contributed by atoms with E-state index in [4.69, 9.17) is 10.5 Å². The van der Waals surface area contributed by atoms with Crippen molar-refractivity contribution in [3.63, 3.8) is 0 Å². The minimum atomic E-state index is -0.490. The quantitative estimate of drug-likeness (QED) is 0.823. The van der Waals surface area contributed by atoms with Crippen LogP contribution < -0.4 is 5.73 Å². The van der Waals surface area contributed by atoms with Crippen molar-refractivity contribution < 1.29 is 13.9 Å². The van der Waals surface area contributed by atoms with Gasteiger partial charge in [0.25, 0.3) is 5.91 Å². The van der Waals surface area contributed by atoms with Crippen LogP contribution in [0.1, 0.15) is 29.6 Å². The Labute approximate surface area is 132 Å². The van der Waals surface area contributed by atoms with Crippen molar-refractivity contribution >= 4 is 21.8 Å². The summed E-state index contributed by atoms with van der Waals surface area (Å²) in [6, 6.07) is 4.56. The molecule has 1 aromatic carbocycles. The first-order valence-corrected chi connectivity index (χ1v) is 7.97. The summed E-state index contributed by atoms with van der Waals surface area (Å²) >= 11 is 3.24. The molecule has 1 aliphatic heterocycles. The minimum Gasteiger partial charge on any atom is -0.378 e.